The van der Waals surface area contributed by atoms with Gasteiger partial charge in [0.05, 0.1) is 0 Å². The van der Waals surface area contributed by atoms with Crippen molar-refractivity contribution in [2.75, 3.05) is 16.8 Å². The van der Waals surface area contributed by atoms with E-state index in [1.165, 1.54) is 17.7 Å². The molecule has 17 heavy (non-hydrogen) atoms. The minimum Gasteiger partial charge on any atom is -0.367 e. The first-order chi connectivity index (χ1) is 8.33. The Labute approximate surface area is 104 Å². The molecule has 1 aliphatic heterocycles. The Hall–Kier alpha value is -0.970. The van der Waals surface area contributed by atoms with Gasteiger partial charge in [-0.15, -0.1) is 0 Å². The highest BCUT2D eigenvalue weighted by Gasteiger charge is 2.21. The lowest BCUT2D eigenvalue weighted by Gasteiger charge is -2.23. The lowest BCUT2D eigenvalue weighted by Crippen LogP contribution is -2.30. The fraction of sp³-hybridized carbons (Fsp3) is 0.667. The summed E-state index contributed by atoms with van der Waals surface area (Å²) in [5.74, 6) is 2.67. The predicted octanol–water partition coefficient (Wildman–Crippen LogP) is 1.29. The SMILES string of the molecule is O=S1CCC(Nc2ncnc3c2CCC3)CC1. The molecule has 1 aromatic rings. The highest BCUT2D eigenvalue weighted by Crippen LogP contribution is 2.26. The van der Waals surface area contributed by atoms with Crippen molar-refractivity contribution in [1.29, 1.82) is 0 Å². The standard InChI is InChI=1S/C12H17N3OS/c16-17-6-4-9(5-7-17)15-12-10-2-1-3-11(10)13-8-14-12/h8-9H,1-7H2,(H,13,14,15). The van der Waals surface area contributed by atoms with Crippen LogP contribution in [0.25, 0.3) is 0 Å². The van der Waals surface area contributed by atoms with Gasteiger partial charge in [-0.3, -0.25) is 4.21 Å². The number of nitrogens with zero attached hydrogens (tertiary/aromatic N) is 2. The highest BCUT2D eigenvalue weighted by atomic mass is 32.2. The number of fused-ring (bicyclic) bond motifs is 1. The number of aromatic nitrogens is 2. The van der Waals surface area contributed by atoms with Gasteiger partial charge in [-0.05, 0) is 32.1 Å². The highest BCUT2D eigenvalue weighted by molar-refractivity contribution is 7.85. The molecular weight excluding hydrogens is 234 g/mol. The molecule has 0 saturated carbocycles. The van der Waals surface area contributed by atoms with Gasteiger partial charge in [0.1, 0.15) is 12.1 Å². The number of rotatable bonds is 2. The second kappa shape index (κ2) is 4.72. The third-order valence-electron chi connectivity index (χ3n) is 3.60. The molecule has 0 atom stereocenters. The number of nitrogens with one attached hydrogen (secondary N) is 1. The molecule has 4 nitrogen and oxygen atoms in total. The van der Waals surface area contributed by atoms with E-state index in [-0.39, 0.29) is 0 Å². The van der Waals surface area contributed by atoms with Gasteiger partial charge in [-0.1, -0.05) is 0 Å². The van der Waals surface area contributed by atoms with E-state index in [1.54, 1.807) is 6.33 Å². The van der Waals surface area contributed by atoms with E-state index in [9.17, 15) is 4.21 Å². The molecule has 5 heteroatoms. The van der Waals surface area contributed by atoms with Crippen molar-refractivity contribution in [2.24, 2.45) is 0 Å². The minimum absolute atomic E-state index is 0.437. The van der Waals surface area contributed by atoms with Crippen LogP contribution in [0.1, 0.15) is 30.5 Å². The molecule has 0 spiro atoms. The molecule has 1 aromatic heterocycles. The predicted molar refractivity (Wildman–Crippen MR) is 68.6 cm³/mol. The maximum Gasteiger partial charge on any atom is 0.133 e. The van der Waals surface area contributed by atoms with Crippen molar-refractivity contribution in [2.45, 2.75) is 38.1 Å². The van der Waals surface area contributed by atoms with Crippen LogP contribution in [-0.2, 0) is 23.6 Å². The zero-order valence-corrected chi connectivity index (χ0v) is 10.6. The van der Waals surface area contributed by atoms with Gasteiger partial charge in [0, 0.05) is 39.6 Å². The summed E-state index contributed by atoms with van der Waals surface area (Å²) in [4.78, 5) is 8.69. The molecule has 1 aliphatic carbocycles. The van der Waals surface area contributed by atoms with Crippen LogP contribution in [0.5, 0.6) is 0 Å². The Kier molecular flexibility index (Phi) is 3.09. The van der Waals surface area contributed by atoms with Crippen molar-refractivity contribution in [1.82, 2.24) is 9.97 Å². The molecule has 1 N–H and O–H groups in total. The Balaban J connectivity index is 1.73. The first-order valence-corrected chi connectivity index (χ1v) is 7.76. The summed E-state index contributed by atoms with van der Waals surface area (Å²) in [7, 11) is -0.591. The second-order valence-corrected chi connectivity index (χ2v) is 6.46. The quantitative estimate of drug-likeness (QED) is 0.860. The van der Waals surface area contributed by atoms with Crippen molar-refractivity contribution in [3.05, 3.63) is 17.6 Å². The summed E-state index contributed by atoms with van der Waals surface area (Å²) in [6.07, 6.45) is 7.01. The van der Waals surface area contributed by atoms with Crippen LogP contribution in [0.4, 0.5) is 5.82 Å². The maximum atomic E-state index is 11.3. The Morgan fingerprint density at radius 2 is 2.06 bits per heavy atom. The monoisotopic (exact) mass is 251 g/mol. The summed E-state index contributed by atoms with van der Waals surface area (Å²) in [6, 6.07) is 0.437. The van der Waals surface area contributed by atoms with Gasteiger partial charge < -0.3 is 5.32 Å². The normalized spacial score (nSPS) is 27.8. The topological polar surface area (TPSA) is 54.9 Å². The van der Waals surface area contributed by atoms with E-state index in [4.69, 9.17) is 0 Å². The van der Waals surface area contributed by atoms with Crippen molar-refractivity contribution in [3.63, 3.8) is 0 Å². The molecule has 92 valence electrons. The molecule has 0 bridgehead atoms. The van der Waals surface area contributed by atoms with Crippen LogP contribution in [0.2, 0.25) is 0 Å². The second-order valence-electron chi connectivity index (χ2n) is 4.77. The number of hydrogen-bond acceptors (Lipinski definition) is 4. The van der Waals surface area contributed by atoms with Gasteiger partial charge in [0.2, 0.25) is 0 Å². The van der Waals surface area contributed by atoms with Crippen LogP contribution < -0.4 is 5.32 Å². The Morgan fingerprint density at radius 3 is 2.88 bits per heavy atom. The van der Waals surface area contributed by atoms with Crippen LogP contribution in [0.15, 0.2) is 6.33 Å². The lowest BCUT2D eigenvalue weighted by atomic mass is 10.1. The lowest BCUT2D eigenvalue weighted by molar-refractivity contribution is 0.622. The smallest absolute Gasteiger partial charge is 0.133 e. The molecule has 2 aliphatic rings. The number of hydrogen-bond donors (Lipinski definition) is 1. The fourth-order valence-electron chi connectivity index (χ4n) is 2.62. The first-order valence-electron chi connectivity index (χ1n) is 6.27. The zero-order chi connectivity index (χ0) is 11.7. The minimum atomic E-state index is -0.591. The summed E-state index contributed by atoms with van der Waals surface area (Å²) in [5.41, 5.74) is 2.51. The molecular formula is C12H17N3OS. The van der Waals surface area contributed by atoms with E-state index in [0.717, 1.165) is 43.0 Å². The average molecular weight is 251 g/mol. The summed E-state index contributed by atoms with van der Waals surface area (Å²) in [6.45, 7) is 0. The van der Waals surface area contributed by atoms with Gasteiger partial charge in [0.25, 0.3) is 0 Å². The average Bonchev–Trinajstić information content (AvgIpc) is 2.81. The van der Waals surface area contributed by atoms with Gasteiger partial charge in [-0.2, -0.15) is 0 Å². The molecule has 1 fully saturated rings. The molecule has 0 amide bonds. The van der Waals surface area contributed by atoms with E-state index in [2.05, 4.69) is 15.3 Å². The Bertz CT molecular complexity index is 439. The Morgan fingerprint density at radius 1 is 1.24 bits per heavy atom. The summed E-state index contributed by atoms with van der Waals surface area (Å²) in [5, 5.41) is 3.52. The molecule has 1 saturated heterocycles. The first kappa shape index (κ1) is 11.1. The summed E-state index contributed by atoms with van der Waals surface area (Å²) >= 11 is 0. The van der Waals surface area contributed by atoms with Gasteiger partial charge in [-0.25, -0.2) is 9.97 Å². The molecule has 0 radical (unpaired) electrons. The largest absolute Gasteiger partial charge is 0.367 e. The van der Waals surface area contributed by atoms with Crippen molar-refractivity contribution >= 4 is 16.6 Å². The molecule has 0 unspecified atom stereocenters. The van der Waals surface area contributed by atoms with Crippen LogP contribution >= 0.6 is 0 Å². The number of anilines is 1. The van der Waals surface area contributed by atoms with E-state index in [0.29, 0.717) is 6.04 Å². The molecule has 2 heterocycles. The van der Waals surface area contributed by atoms with Crippen molar-refractivity contribution in [3.8, 4) is 0 Å². The van der Waals surface area contributed by atoms with E-state index < -0.39 is 10.8 Å². The molecule has 3 rings (SSSR count). The van der Waals surface area contributed by atoms with Crippen LogP contribution in [0.3, 0.4) is 0 Å². The van der Waals surface area contributed by atoms with Gasteiger partial charge in [0.15, 0.2) is 0 Å². The third kappa shape index (κ3) is 2.34. The fourth-order valence-corrected chi connectivity index (χ4v) is 3.91. The number of aryl methyl sites for hydroxylation is 1. The van der Waals surface area contributed by atoms with Crippen LogP contribution in [-0.4, -0.2) is 31.7 Å². The summed E-state index contributed by atoms with van der Waals surface area (Å²) < 4.78 is 11.3. The van der Waals surface area contributed by atoms with Crippen LogP contribution in [0, 0.1) is 0 Å². The zero-order valence-electron chi connectivity index (χ0n) is 9.82. The third-order valence-corrected chi connectivity index (χ3v) is 4.99. The van der Waals surface area contributed by atoms with E-state index >= 15 is 0 Å². The maximum absolute atomic E-state index is 11.3. The van der Waals surface area contributed by atoms with E-state index in [1.807, 2.05) is 0 Å². The molecule has 0 aromatic carbocycles. The van der Waals surface area contributed by atoms with Crippen molar-refractivity contribution < 1.29 is 4.21 Å². The van der Waals surface area contributed by atoms with Gasteiger partial charge >= 0.3 is 0 Å².